The highest BCUT2D eigenvalue weighted by Gasteiger charge is 2.36. The summed E-state index contributed by atoms with van der Waals surface area (Å²) in [6, 6.07) is 0.0804. The first kappa shape index (κ1) is 18.2. The monoisotopic (exact) mass is 348 g/mol. The van der Waals surface area contributed by atoms with E-state index in [1.54, 1.807) is 12.1 Å². The first-order valence-corrected chi connectivity index (χ1v) is 7.42. The summed E-state index contributed by atoms with van der Waals surface area (Å²) in [6.07, 6.45) is -2.72. The molecule has 11 heteroatoms. The van der Waals surface area contributed by atoms with Crippen LogP contribution in [0.2, 0.25) is 0 Å². The predicted octanol–water partition coefficient (Wildman–Crippen LogP) is 0.152. The number of rotatable bonds is 5. The summed E-state index contributed by atoms with van der Waals surface area (Å²) in [5.41, 5.74) is 0. The molecule has 2 heterocycles. The molecule has 0 aromatic carbocycles. The minimum atomic E-state index is -4.68. The van der Waals surface area contributed by atoms with Gasteiger partial charge in [-0.2, -0.15) is 18.2 Å². The van der Waals surface area contributed by atoms with Gasteiger partial charge in [-0.3, -0.25) is 19.6 Å². The summed E-state index contributed by atoms with van der Waals surface area (Å²) in [5.74, 6) is -2.69. The quantitative estimate of drug-likeness (QED) is 0.703. The maximum absolute atomic E-state index is 12.4. The second kappa shape index (κ2) is 7.16. The van der Waals surface area contributed by atoms with Crippen molar-refractivity contribution < 1.29 is 22.8 Å². The molecule has 134 valence electrons. The van der Waals surface area contributed by atoms with E-state index in [0.717, 1.165) is 12.8 Å². The van der Waals surface area contributed by atoms with Crippen molar-refractivity contribution in [1.82, 2.24) is 30.7 Å². The van der Waals surface area contributed by atoms with Crippen LogP contribution in [0.3, 0.4) is 0 Å². The molecule has 0 saturated carbocycles. The van der Waals surface area contributed by atoms with Crippen molar-refractivity contribution in [3.8, 4) is 0 Å². The third-order valence-corrected chi connectivity index (χ3v) is 4.14. The lowest BCUT2D eigenvalue weighted by molar-refractivity contribution is -0.144. The Hall–Kier alpha value is -2.17. The fourth-order valence-corrected chi connectivity index (χ4v) is 2.68. The molecule has 2 amide bonds. The number of halogens is 3. The smallest absolute Gasteiger partial charge is 0.359 e. The lowest BCUT2D eigenvalue weighted by Gasteiger charge is -2.25. The zero-order valence-electron chi connectivity index (χ0n) is 13.3. The predicted molar refractivity (Wildman–Crippen MR) is 77.0 cm³/mol. The van der Waals surface area contributed by atoms with Gasteiger partial charge in [0.1, 0.15) is 0 Å². The molecule has 1 fully saturated rings. The van der Waals surface area contributed by atoms with Crippen LogP contribution in [-0.4, -0.2) is 64.6 Å². The molecule has 1 aliphatic heterocycles. The molecular formula is C13H19F3N6O2. The first-order valence-electron chi connectivity index (χ1n) is 7.42. The number of aromatic amines is 1. The topological polar surface area (TPSA) is 103 Å². The van der Waals surface area contributed by atoms with E-state index in [4.69, 9.17) is 0 Å². The third kappa shape index (κ3) is 4.22. The normalized spacial score (nSPS) is 21.7. The number of hydrogen-bond acceptors (Lipinski definition) is 5. The van der Waals surface area contributed by atoms with Crippen molar-refractivity contribution in [2.75, 3.05) is 20.6 Å². The van der Waals surface area contributed by atoms with E-state index in [9.17, 15) is 22.8 Å². The number of likely N-dealkylation sites (N-methyl/N-ethyl adjacent to an activating group) is 1. The molecule has 0 spiro atoms. The number of hydrogen-bond donors (Lipinski definition) is 3. The number of carbonyl (C=O) groups excluding carboxylic acids is 2. The number of nitrogens with one attached hydrogen (secondary N) is 3. The van der Waals surface area contributed by atoms with Crippen molar-refractivity contribution in [3.63, 3.8) is 0 Å². The molecule has 0 unspecified atom stereocenters. The Morgan fingerprint density at radius 1 is 1.33 bits per heavy atom. The maximum atomic E-state index is 12.4. The van der Waals surface area contributed by atoms with E-state index >= 15 is 0 Å². The number of H-pyrrole nitrogens is 1. The Morgan fingerprint density at radius 3 is 2.58 bits per heavy atom. The minimum Gasteiger partial charge on any atom is -0.359 e. The number of amides is 2. The van der Waals surface area contributed by atoms with Gasteiger partial charge in [-0.25, -0.2) is 0 Å². The van der Waals surface area contributed by atoms with Gasteiger partial charge in [0.2, 0.25) is 17.6 Å². The SMILES string of the molecule is CNC(=O)C[C@H]1CC[C@@H](CNC(=O)c2n[nH]c(C(F)(F)F)n2)N1C. The number of aromatic nitrogens is 3. The molecule has 2 rings (SSSR count). The zero-order chi connectivity index (χ0) is 17.9. The van der Waals surface area contributed by atoms with Crippen molar-refractivity contribution in [1.29, 1.82) is 0 Å². The molecular weight excluding hydrogens is 329 g/mol. The molecule has 0 aliphatic carbocycles. The van der Waals surface area contributed by atoms with Crippen molar-refractivity contribution in [2.45, 2.75) is 37.5 Å². The summed E-state index contributed by atoms with van der Waals surface area (Å²) in [7, 11) is 3.42. The van der Waals surface area contributed by atoms with Crippen molar-refractivity contribution in [3.05, 3.63) is 11.6 Å². The Bertz CT molecular complexity index is 603. The van der Waals surface area contributed by atoms with Crippen LogP contribution in [0.1, 0.15) is 35.7 Å². The summed E-state index contributed by atoms with van der Waals surface area (Å²) in [6.45, 7) is 0.246. The van der Waals surface area contributed by atoms with Gasteiger partial charge in [0.05, 0.1) is 0 Å². The number of nitrogens with zero attached hydrogens (tertiary/aromatic N) is 3. The maximum Gasteiger partial charge on any atom is 0.451 e. The molecule has 1 aliphatic rings. The lowest BCUT2D eigenvalue weighted by Crippen LogP contribution is -2.42. The fraction of sp³-hybridized carbons (Fsp3) is 0.692. The number of carbonyl (C=O) groups is 2. The molecule has 0 bridgehead atoms. The molecule has 3 N–H and O–H groups in total. The van der Waals surface area contributed by atoms with Gasteiger partial charge < -0.3 is 10.6 Å². The second-order valence-corrected chi connectivity index (χ2v) is 5.64. The summed E-state index contributed by atoms with van der Waals surface area (Å²) in [5, 5.41) is 10.1. The van der Waals surface area contributed by atoms with Gasteiger partial charge >= 0.3 is 6.18 Å². The lowest BCUT2D eigenvalue weighted by atomic mass is 10.1. The van der Waals surface area contributed by atoms with E-state index in [1.165, 1.54) is 0 Å². The van der Waals surface area contributed by atoms with Gasteiger partial charge in [0.15, 0.2) is 0 Å². The average Bonchev–Trinajstić information content (AvgIpc) is 3.13. The van der Waals surface area contributed by atoms with Crippen LogP contribution in [0.25, 0.3) is 0 Å². The van der Waals surface area contributed by atoms with Gasteiger partial charge in [-0.1, -0.05) is 0 Å². The van der Waals surface area contributed by atoms with E-state index in [0.29, 0.717) is 6.42 Å². The summed E-state index contributed by atoms with van der Waals surface area (Å²) >= 11 is 0. The van der Waals surface area contributed by atoms with Crippen LogP contribution in [-0.2, 0) is 11.0 Å². The zero-order valence-corrected chi connectivity index (χ0v) is 13.3. The van der Waals surface area contributed by atoms with E-state index in [2.05, 4.69) is 20.7 Å². The number of likely N-dealkylation sites (tertiary alicyclic amines) is 1. The van der Waals surface area contributed by atoms with Crippen molar-refractivity contribution >= 4 is 11.8 Å². The highest BCUT2D eigenvalue weighted by atomic mass is 19.4. The van der Waals surface area contributed by atoms with E-state index in [1.807, 2.05) is 11.9 Å². The molecule has 8 nitrogen and oxygen atoms in total. The molecule has 1 saturated heterocycles. The van der Waals surface area contributed by atoms with Crippen LogP contribution >= 0.6 is 0 Å². The van der Waals surface area contributed by atoms with Gasteiger partial charge in [0, 0.05) is 32.1 Å². The van der Waals surface area contributed by atoms with Crippen LogP contribution in [0.5, 0.6) is 0 Å². The molecule has 24 heavy (non-hydrogen) atoms. The highest BCUT2D eigenvalue weighted by Crippen LogP contribution is 2.26. The van der Waals surface area contributed by atoms with Crippen LogP contribution < -0.4 is 10.6 Å². The second-order valence-electron chi connectivity index (χ2n) is 5.64. The number of alkyl halides is 3. The highest BCUT2D eigenvalue weighted by molar-refractivity contribution is 5.90. The fourth-order valence-electron chi connectivity index (χ4n) is 2.68. The van der Waals surface area contributed by atoms with E-state index in [-0.39, 0.29) is 24.5 Å². The Labute approximate surface area is 136 Å². The Morgan fingerprint density at radius 2 is 2.00 bits per heavy atom. The van der Waals surface area contributed by atoms with Crippen LogP contribution in [0, 0.1) is 0 Å². The van der Waals surface area contributed by atoms with Gasteiger partial charge in [-0.05, 0) is 19.9 Å². The van der Waals surface area contributed by atoms with E-state index < -0.39 is 23.7 Å². The minimum absolute atomic E-state index is 0.00429. The van der Waals surface area contributed by atoms with Gasteiger partial charge in [0.25, 0.3) is 5.91 Å². The Balaban J connectivity index is 1.86. The Kier molecular flexibility index (Phi) is 5.42. The molecule has 2 atom stereocenters. The molecule has 0 radical (unpaired) electrons. The summed E-state index contributed by atoms with van der Waals surface area (Å²) in [4.78, 5) is 28.4. The van der Waals surface area contributed by atoms with Gasteiger partial charge in [-0.15, -0.1) is 5.10 Å². The van der Waals surface area contributed by atoms with Crippen molar-refractivity contribution in [2.24, 2.45) is 0 Å². The van der Waals surface area contributed by atoms with Crippen LogP contribution in [0.4, 0.5) is 13.2 Å². The standard InChI is InChI=1S/C13H19F3N6O2/c1-17-9(23)5-7-3-4-8(22(7)2)6-18-11(24)10-19-12(21-20-10)13(14,15)16/h7-8H,3-6H2,1-2H3,(H,17,23)(H,18,24)(H,19,20,21)/t7-,8+/m1/s1. The third-order valence-electron chi connectivity index (χ3n) is 4.14. The van der Waals surface area contributed by atoms with Crippen LogP contribution in [0.15, 0.2) is 0 Å². The summed E-state index contributed by atoms with van der Waals surface area (Å²) < 4.78 is 37.3. The molecule has 1 aromatic heterocycles. The average molecular weight is 348 g/mol. The largest absolute Gasteiger partial charge is 0.451 e. The molecule has 1 aromatic rings. The first-order chi connectivity index (χ1) is 11.2.